The summed E-state index contributed by atoms with van der Waals surface area (Å²) in [5.41, 5.74) is 0. The van der Waals surface area contributed by atoms with E-state index in [1.165, 1.54) is 44.9 Å². The van der Waals surface area contributed by atoms with Gasteiger partial charge in [-0.3, -0.25) is 4.79 Å². The smallest absolute Gasteiger partial charge is 0.780 e. The topological polar surface area (TPSA) is 89.5 Å². The van der Waals surface area contributed by atoms with Crippen molar-refractivity contribution in [3.63, 3.8) is 0 Å². The van der Waals surface area contributed by atoms with Crippen molar-refractivity contribution in [3.8, 4) is 0 Å². The molecule has 0 unspecified atom stereocenters. The van der Waals surface area contributed by atoms with Crippen LogP contribution >= 0.6 is 7.82 Å². The standard InChI is InChI=1S/C18H35O5P.2K/c1-2-3-4-5-6-7-8-9-10-11-12-13-14-15-16-17-18(19)23-24(20,21)22;;/h9-10H,2-8,11-17H2,1H3,(H2,20,21,22);;/q;2*+1/p-2. The Morgan fingerprint density at radius 2 is 1.23 bits per heavy atom. The maximum absolute atomic E-state index is 11.0. The van der Waals surface area contributed by atoms with Gasteiger partial charge in [0.25, 0.3) is 0 Å². The molecule has 0 bridgehead atoms. The van der Waals surface area contributed by atoms with Crippen LogP contribution in [0.1, 0.15) is 96.8 Å². The molecular weight excluding hydrogens is 405 g/mol. The van der Waals surface area contributed by atoms with Crippen molar-refractivity contribution in [1.29, 1.82) is 0 Å². The number of phosphoric acid groups is 1. The summed E-state index contributed by atoms with van der Waals surface area (Å²) < 4.78 is 14.0. The Morgan fingerprint density at radius 1 is 0.808 bits per heavy atom. The summed E-state index contributed by atoms with van der Waals surface area (Å²) in [6, 6.07) is 0. The first-order valence-corrected chi connectivity index (χ1v) is 10.8. The van der Waals surface area contributed by atoms with Crippen molar-refractivity contribution in [1.82, 2.24) is 0 Å². The number of rotatable bonds is 16. The molecule has 0 fully saturated rings. The second-order valence-corrected chi connectivity index (χ2v) is 7.32. The van der Waals surface area contributed by atoms with Gasteiger partial charge >= 0.3 is 109 Å². The van der Waals surface area contributed by atoms with Crippen LogP contribution in [0.3, 0.4) is 0 Å². The number of phosphoric ester groups is 1. The van der Waals surface area contributed by atoms with E-state index in [1.807, 2.05) is 0 Å². The van der Waals surface area contributed by atoms with Gasteiger partial charge in [-0.2, -0.15) is 0 Å². The van der Waals surface area contributed by atoms with Crippen molar-refractivity contribution in [2.75, 3.05) is 0 Å². The molecule has 0 saturated heterocycles. The minimum Gasteiger partial charge on any atom is -0.780 e. The summed E-state index contributed by atoms with van der Waals surface area (Å²) in [5.74, 6) is -0.944. The molecule has 0 aliphatic carbocycles. The Bertz CT molecular complexity index is 386. The first-order chi connectivity index (χ1) is 11.5. The third-order valence-electron chi connectivity index (χ3n) is 3.86. The molecule has 0 heterocycles. The number of hydrogen-bond donors (Lipinski definition) is 0. The van der Waals surface area contributed by atoms with Gasteiger partial charge in [0.15, 0.2) is 0 Å². The number of allylic oxidation sites excluding steroid dienone is 2. The number of hydrogen-bond acceptors (Lipinski definition) is 5. The molecule has 0 aromatic rings. The molecule has 5 nitrogen and oxygen atoms in total. The first kappa shape index (κ1) is 33.3. The molecule has 8 heteroatoms. The fourth-order valence-electron chi connectivity index (χ4n) is 2.51. The summed E-state index contributed by atoms with van der Waals surface area (Å²) >= 11 is 0. The summed E-state index contributed by atoms with van der Waals surface area (Å²) in [7, 11) is -5.17. The van der Waals surface area contributed by atoms with E-state index >= 15 is 0 Å². The number of unbranched alkanes of at least 4 members (excludes halogenated alkanes) is 11. The molecule has 0 aromatic carbocycles. The molecule has 0 aromatic heterocycles. The molecule has 0 aliphatic heterocycles. The summed E-state index contributed by atoms with van der Waals surface area (Å²) in [6.45, 7) is 2.23. The predicted molar refractivity (Wildman–Crippen MR) is 93.2 cm³/mol. The van der Waals surface area contributed by atoms with Gasteiger partial charge in [-0.05, 0) is 32.1 Å². The van der Waals surface area contributed by atoms with Crippen LogP contribution in [0.15, 0.2) is 12.2 Å². The van der Waals surface area contributed by atoms with Gasteiger partial charge in [-0.1, -0.05) is 70.4 Å². The minimum atomic E-state index is -5.17. The summed E-state index contributed by atoms with van der Waals surface area (Å²) in [4.78, 5) is 31.4. The van der Waals surface area contributed by atoms with E-state index in [0.717, 1.165) is 32.1 Å². The molecule has 0 radical (unpaired) electrons. The van der Waals surface area contributed by atoms with Crippen molar-refractivity contribution in [3.05, 3.63) is 12.2 Å². The first-order valence-electron chi connectivity index (χ1n) is 9.35. The van der Waals surface area contributed by atoms with Crippen LogP contribution in [0.25, 0.3) is 0 Å². The summed E-state index contributed by atoms with van der Waals surface area (Å²) in [5, 5.41) is 0. The maximum Gasteiger partial charge on any atom is 1.00 e. The van der Waals surface area contributed by atoms with E-state index in [-0.39, 0.29) is 109 Å². The third kappa shape index (κ3) is 28.8. The van der Waals surface area contributed by atoms with Crippen LogP contribution in [-0.2, 0) is 13.9 Å². The average Bonchev–Trinajstić information content (AvgIpc) is 2.49. The second-order valence-electron chi connectivity index (χ2n) is 6.24. The van der Waals surface area contributed by atoms with Crippen LogP contribution in [0.5, 0.6) is 0 Å². The molecule has 0 rings (SSSR count). The van der Waals surface area contributed by atoms with Crippen LogP contribution in [0.2, 0.25) is 0 Å². The average molecular weight is 439 g/mol. The van der Waals surface area contributed by atoms with Crippen molar-refractivity contribution in [2.45, 2.75) is 96.8 Å². The van der Waals surface area contributed by atoms with Gasteiger partial charge in [0.05, 0.1) is 0 Å². The van der Waals surface area contributed by atoms with Gasteiger partial charge in [0.1, 0.15) is 7.82 Å². The van der Waals surface area contributed by atoms with E-state index in [9.17, 15) is 19.1 Å². The van der Waals surface area contributed by atoms with E-state index in [4.69, 9.17) is 0 Å². The van der Waals surface area contributed by atoms with Crippen LogP contribution in [0.4, 0.5) is 0 Å². The Balaban J connectivity index is -0.00000264. The Morgan fingerprint density at radius 3 is 1.69 bits per heavy atom. The van der Waals surface area contributed by atoms with Crippen LogP contribution in [0, 0.1) is 0 Å². The molecule has 0 spiro atoms. The zero-order valence-corrected chi connectivity index (χ0v) is 24.2. The number of carbonyl (C=O) groups is 1. The third-order valence-corrected chi connectivity index (χ3v) is 4.28. The van der Waals surface area contributed by atoms with E-state index in [0.29, 0.717) is 6.42 Å². The van der Waals surface area contributed by atoms with Crippen molar-refractivity contribution < 1.29 is 126 Å². The van der Waals surface area contributed by atoms with E-state index < -0.39 is 13.8 Å². The van der Waals surface area contributed by atoms with Crippen molar-refractivity contribution in [2.24, 2.45) is 0 Å². The zero-order chi connectivity index (χ0) is 18.1. The molecule has 0 atom stereocenters. The molecular formula is C18H33K2O5P. The van der Waals surface area contributed by atoms with E-state index in [2.05, 4.69) is 23.6 Å². The van der Waals surface area contributed by atoms with E-state index in [1.54, 1.807) is 0 Å². The van der Waals surface area contributed by atoms with Gasteiger partial charge in [0.2, 0.25) is 0 Å². The van der Waals surface area contributed by atoms with Crippen LogP contribution < -0.4 is 113 Å². The van der Waals surface area contributed by atoms with Crippen molar-refractivity contribution >= 4 is 13.8 Å². The Labute approximate surface area is 245 Å². The summed E-state index contributed by atoms with van der Waals surface area (Å²) in [6.07, 6.45) is 19.4. The predicted octanol–water partition coefficient (Wildman–Crippen LogP) is -1.60. The van der Waals surface area contributed by atoms with Gasteiger partial charge in [0, 0.05) is 6.42 Å². The molecule has 142 valence electrons. The molecule has 0 saturated carbocycles. The normalized spacial score (nSPS) is 11.0. The zero-order valence-electron chi connectivity index (χ0n) is 17.0. The SMILES string of the molecule is CCCCCCCCC=CCCCCCCCC(=O)OP(=O)([O-])[O-].[K+].[K+]. The monoisotopic (exact) mass is 438 g/mol. The maximum atomic E-state index is 11.0. The second kappa shape index (κ2) is 23.9. The Kier molecular flexibility index (Phi) is 30.6. The largest absolute Gasteiger partial charge is 1.00 e. The molecule has 26 heavy (non-hydrogen) atoms. The Hall–Kier alpha value is 2.63. The fourth-order valence-corrected chi connectivity index (χ4v) is 2.85. The van der Waals surface area contributed by atoms with Gasteiger partial charge in [-0.15, -0.1) is 0 Å². The van der Waals surface area contributed by atoms with Gasteiger partial charge in [-0.25, -0.2) is 0 Å². The number of carbonyl (C=O) groups excluding carboxylic acids is 1. The quantitative estimate of drug-likeness (QED) is 0.125. The molecule has 0 aliphatic rings. The molecule has 0 N–H and O–H groups in total. The molecule has 0 amide bonds. The van der Waals surface area contributed by atoms with Gasteiger partial charge < -0.3 is 18.9 Å². The van der Waals surface area contributed by atoms with Crippen LogP contribution in [-0.4, -0.2) is 5.97 Å². The fraction of sp³-hybridized carbons (Fsp3) is 0.833. The minimum absolute atomic E-state index is 0.